The summed E-state index contributed by atoms with van der Waals surface area (Å²) in [4.78, 5) is 23.0. The summed E-state index contributed by atoms with van der Waals surface area (Å²) in [6.07, 6.45) is 0. The third-order valence-electron chi connectivity index (χ3n) is 3.01. The molecule has 3 amide bonds. The molecule has 0 aliphatic heterocycles. The van der Waals surface area contributed by atoms with E-state index in [9.17, 15) is 9.59 Å². The van der Waals surface area contributed by atoms with E-state index in [-0.39, 0.29) is 5.75 Å². The maximum Gasteiger partial charge on any atom is 0.321 e. The number of nitrogens with one attached hydrogen (secondary N) is 2. The summed E-state index contributed by atoms with van der Waals surface area (Å²) in [5.41, 5.74) is 0.775. The Morgan fingerprint density at radius 1 is 1.24 bits per heavy atom. The van der Waals surface area contributed by atoms with Gasteiger partial charge < -0.3 is 15.9 Å². The van der Waals surface area contributed by atoms with Gasteiger partial charge in [0.05, 0.1) is 12.4 Å². The number of thioether (sulfide) groups is 1. The van der Waals surface area contributed by atoms with Crippen LogP contribution in [0.3, 0.4) is 0 Å². The Hall–Kier alpha value is -2.75. The Labute approximate surface area is 149 Å². The lowest BCUT2D eigenvalue weighted by molar-refractivity contribution is -0.117. The van der Waals surface area contributed by atoms with Gasteiger partial charge in [0.15, 0.2) is 5.82 Å². The highest BCUT2D eigenvalue weighted by atomic mass is 32.2. The molecule has 1 aromatic carbocycles. The molecule has 1 heterocycles. The number of nitrogens with zero attached hydrogens (tertiary/aromatic N) is 3. The number of nitrogens with two attached hydrogens (primary N) is 1. The number of urea groups is 1. The van der Waals surface area contributed by atoms with Crippen LogP contribution in [0, 0.1) is 0 Å². The van der Waals surface area contributed by atoms with Crippen LogP contribution in [0.25, 0.3) is 11.4 Å². The van der Waals surface area contributed by atoms with Crippen LogP contribution in [-0.2, 0) is 4.79 Å². The first-order valence-corrected chi connectivity index (χ1v) is 8.67. The maximum atomic E-state index is 11.7. The van der Waals surface area contributed by atoms with Crippen LogP contribution >= 0.6 is 11.8 Å². The highest BCUT2D eigenvalue weighted by molar-refractivity contribution is 7.99. The number of benzene rings is 1. The summed E-state index contributed by atoms with van der Waals surface area (Å²) in [5.74, 6) is 6.77. The van der Waals surface area contributed by atoms with Gasteiger partial charge in [-0.2, -0.15) is 0 Å². The van der Waals surface area contributed by atoms with Crippen molar-refractivity contribution in [1.82, 2.24) is 25.5 Å². The fourth-order valence-electron chi connectivity index (χ4n) is 1.94. The van der Waals surface area contributed by atoms with Gasteiger partial charge in [-0.25, -0.2) is 9.47 Å². The molecular weight excluding hydrogens is 344 g/mol. The van der Waals surface area contributed by atoms with Gasteiger partial charge >= 0.3 is 6.03 Å². The summed E-state index contributed by atoms with van der Waals surface area (Å²) >= 11 is 1.09. The average Bonchev–Trinajstić information content (AvgIpc) is 2.95. The molecular formula is C15H20N6O3S. The topological polar surface area (TPSA) is 124 Å². The van der Waals surface area contributed by atoms with Gasteiger partial charge in [-0.05, 0) is 38.1 Å². The van der Waals surface area contributed by atoms with Crippen LogP contribution in [0.1, 0.15) is 13.8 Å². The number of rotatable bonds is 7. The van der Waals surface area contributed by atoms with Crippen molar-refractivity contribution in [3.05, 3.63) is 24.3 Å². The van der Waals surface area contributed by atoms with Crippen molar-refractivity contribution in [3.63, 3.8) is 0 Å². The van der Waals surface area contributed by atoms with Crippen LogP contribution in [0.4, 0.5) is 4.79 Å². The SMILES string of the molecule is CCNC(=O)NC(=O)CSc1nnc(-c2ccc(OCC)cc2)n1N. The third-order valence-corrected chi connectivity index (χ3v) is 3.95. The lowest BCUT2D eigenvalue weighted by Gasteiger charge is -2.06. The van der Waals surface area contributed by atoms with E-state index in [0.29, 0.717) is 24.1 Å². The number of hydrogen-bond acceptors (Lipinski definition) is 7. The van der Waals surface area contributed by atoms with E-state index in [0.717, 1.165) is 23.1 Å². The second-order valence-electron chi connectivity index (χ2n) is 4.83. The minimum absolute atomic E-state index is 0.00422. The second-order valence-corrected chi connectivity index (χ2v) is 5.77. The van der Waals surface area contributed by atoms with Gasteiger partial charge in [0.1, 0.15) is 5.75 Å². The summed E-state index contributed by atoms with van der Waals surface area (Å²) < 4.78 is 6.70. The van der Waals surface area contributed by atoms with Crippen molar-refractivity contribution in [3.8, 4) is 17.1 Å². The smallest absolute Gasteiger partial charge is 0.321 e. The number of carbonyl (C=O) groups is 2. The number of aromatic nitrogens is 3. The van der Waals surface area contributed by atoms with Gasteiger partial charge in [-0.15, -0.1) is 10.2 Å². The Balaban J connectivity index is 1.98. The Morgan fingerprint density at radius 3 is 2.60 bits per heavy atom. The predicted octanol–water partition coefficient (Wildman–Crippen LogP) is 0.995. The second kappa shape index (κ2) is 8.92. The zero-order chi connectivity index (χ0) is 18.2. The minimum atomic E-state index is -0.530. The number of nitrogen functional groups attached to an aromatic ring is 1. The molecule has 0 saturated carbocycles. The van der Waals surface area contributed by atoms with Crippen molar-refractivity contribution >= 4 is 23.7 Å². The van der Waals surface area contributed by atoms with Crippen molar-refractivity contribution in [2.45, 2.75) is 19.0 Å². The zero-order valence-electron chi connectivity index (χ0n) is 14.0. The molecule has 1 aromatic heterocycles. The quantitative estimate of drug-likeness (QED) is 0.494. The van der Waals surface area contributed by atoms with Gasteiger partial charge in [-0.1, -0.05) is 11.8 Å². The van der Waals surface area contributed by atoms with Gasteiger partial charge in [0, 0.05) is 12.1 Å². The fourth-order valence-corrected chi connectivity index (χ4v) is 2.59. The van der Waals surface area contributed by atoms with Gasteiger partial charge in [0.2, 0.25) is 11.1 Å². The molecule has 10 heteroatoms. The zero-order valence-corrected chi connectivity index (χ0v) is 14.8. The van der Waals surface area contributed by atoms with E-state index in [1.807, 2.05) is 31.2 Å². The molecule has 0 spiro atoms. The first-order chi connectivity index (χ1) is 12.0. The van der Waals surface area contributed by atoms with E-state index in [2.05, 4.69) is 20.8 Å². The van der Waals surface area contributed by atoms with Crippen molar-refractivity contribution < 1.29 is 14.3 Å². The number of carbonyl (C=O) groups excluding carboxylic acids is 2. The molecule has 0 radical (unpaired) electrons. The molecule has 0 aliphatic rings. The number of ether oxygens (including phenoxy) is 1. The largest absolute Gasteiger partial charge is 0.494 e. The van der Waals surface area contributed by atoms with E-state index >= 15 is 0 Å². The number of imide groups is 1. The molecule has 0 saturated heterocycles. The summed E-state index contributed by atoms with van der Waals surface area (Å²) in [7, 11) is 0. The summed E-state index contributed by atoms with van der Waals surface area (Å²) in [6.45, 7) is 4.70. The van der Waals surface area contributed by atoms with Crippen LogP contribution in [0.15, 0.2) is 29.4 Å². The van der Waals surface area contributed by atoms with Crippen LogP contribution < -0.4 is 21.2 Å². The Bertz CT molecular complexity index is 731. The van der Waals surface area contributed by atoms with Crippen LogP contribution in [0.5, 0.6) is 5.75 Å². The highest BCUT2D eigenvalue weighted by Gasteiger charge is 2.14. The van der Waals surface area contributed by atoms with Crippen molar-refractivity contribution in [2.75, 3.05) is 24.7 Å². The normalized spacial score (nSPS) is 10.3. The molecule has 2 rings (SSSR count). The predicted molar refractivity (Wildman–Crippen MR) is 94.7 cm³/mol. The monoisotopic (exact) mass is 364 g/mol. The van der Waals surface area contributed by atoms with Gasteiger partial charge in [-0.3, -0.25) is 10.1 Å². The highest BCUT2D eigenvalue weighted by Crippen LogP contribution is 2.23. The molecule has 2 aromatic rings. The molecule has 134 valence electrons. The van der Waals surface area contributed by atoms with E-state index in [1.165, 1.54) is 4.68 Å². The Morgan fingerprint density at radius 2 is 1.96 bits per heavy atom. The number of amides is 3. The third kappa shape index (κ3) is 5.11. The molecule has 0 bridgehead atoms. The molecule has 0 fully saturated rings. The van der Waals surface area contributed by atoms with Crippen molar-refractivity contribution in [1.29, 1.82) is 0 Å². The van der Waals surface area contributed by atoms with Crippen LogP contribution in [0.2, 0.25) is 0 Å². The number of hydrogen-bond donors (Lipinski definition) is 3. The van der Waals surface area contributed by atoms with E-state index < -0.39 is 11.9 Å². The standard InChI is InChI=1S/C15H20N6O3S/c1-3-17-14(23)18-12(22)9-25-15-20-19-13(21(15)16)10-5-7-11(8-6-10)24-4-2/h5-8H,3-4,9,16H2,1-2H3,(H2,17,18,22,23). The lowest BCUT2D eigenvalue weighted by Crippen LogP contribution is -2.40. The average molecular weight is 364 g/mol. The molecule has 25 heavy (non-hydrogen) atoms. The molecule has 0 unspecified atom stereocenters. The molecule has 4 N–H and O–H groups in total. The van der Waals surface area contributed by atoms with Gasteiger partial charge in [0.25, 0.3) is 0 Å². The van der Waals surface area contributed by atoms with E-state index in [4.69, 9.17) is 10.6 Å². The first kappa shape index (κ1) is 18.6. The molecule has 9 nitrogen and oxygen atoms in total. The Kier molecular flexibility index (Phi) is 6.63. The lowest BCUT2D eigenvalue weighted by atomic mass is 10.2. The van der Waals surface area contributed by atoms with Crippen molar-refractivity contribution in [2.24, 2.45) is 0 Å². The maximum absolute atomic E-state index is 11.7. The molecule has 0 atom stereocenters. The fraction of sp³-hybridized carbons (Fsp3) is 0.333. The summed E-state index contributed by atoms with van der Waals surface area (Å²) in [5, 5.41) is 13.1. The summed E-state index contributed by atoms with van der Waals surface area (Å²) in [6, 6.07) is 6.76. The van der Waals surface area contributed by atoms with Crippen LogP contribution in [-0.4, -0.2) is 45.7 Å². The van der Waals surface area contributed by atoms with E-state index in [1.54, 1.807) is 6.92 Å². The minimum Gasteiger partial charge on any atom is -0.494 e. The molecule has 0 aliphatic carbocycles. The first-order valence-electron chi connectivity index (χ1n) is 7.69.